The zero-order chi connectivity index (χ0) is 22.6. The fraction of sp³-hybridized carbons (Fsp3) is 0.125. The van der Waals surface area contributed by atoms with E-state index in [1.807, 2.05) is 30.3 Å². The van der Waals surface area contributed by atoms with Crippen molar-refractivity contribution in [2.75, 3.05) is 18.5 Å². The largest absolute Gasteiger partial charge is 0.497 e. The van der Waals surface area contributed by atoms with Gasteiger partial charge < -0.3 is 14.0 Å². The topological polar surface area (TPSA) is 81.9 Å². The molecule has 0 aliphatic carbocycles. The second-order valence-electron chi connectivity index (χ2n) is 6.98. The van der Waals surface area contributed by atoms with Crippen LogP contribution in [0.25, 0.3) is 11.3 Å². The Morgan fingerprint density at radius 3 is 2.22 bits per heavy atom. The molecule has 0 aliphatic heterocycles. The van der Waals surface area contributed by atoms with Gasteiger partial charge in [-0.1, -0.05) is 23.4 Å². The molecule has 0 fully saturated rings. The third-order valence-electron chi connectivity index (χ3n) is 4.93. The van der Waals surface area contributed by atoms with E-state index in [0.29, 0.717) is 22.9 Å². The van der Waals surface area contributed by atoms with Crippen LogP contribution in [0.2, 0.25) is 0 Å². The molecule has 0 radical (unpaired) electrons. The fourth-order valence-corrected chi connectivity index (χ4v) is 4.29. The van der Waals surface area contributed by atoms with Crippen LogP contribution >= 0.6 is 0 Å². The number of ether oxygens (including phenoxy) is 2. The quantitative estimate of drug-likeness (QED) is 0.385. The van der Waals surface area contributed by atoms with Crippen molar-refractivity contribution in [3.05, 3.63) is 90.7 Å². The summed E-state index contributed by atoms with van der Waals surface area (Å²) in [5.41, 5.74) is 2.14. The van der Waals surface area contributed by atoms with Crippen LogP contribution in [0.4, 0.5) is 5.69 Å². The van der Waals surface area contributed by atoms with Crippen LogP contribution in [0.1, 0.15) is 5.76 Å². The van der Waals surface area contributed by atoms with Crippen LogP contribution in [0.15, 0.2) is 94.3 Å². The summed E-state index contributed by atoms with van der Waals surface area (Å²) in [7, 11) is -0.487. The number of sulfonamides is 1. The zero-order valence-electron chi connectivity index (χ0n) is 17.6. The molecule has 3 aromatic carbocycles. The Balaban J connectivity index is 1.40. The minimum atomic E-state index is -3.63. The molecule has 0 bridgehead atoms. The molecule has 0 saturated carbocycles. The SMILES string of the molecule is COc1ccc(-c2cc(COc3ccc(N(C)S(=O)(=O)c4ccccc4)cc3)on2)cc1. The third kappa shape index (κ3) is 4.60. The lowest BCUT2D eigenvalue weighted by Gasteiger charge is -2.19. The van der Waals surface area contributed by atoms with Crippen LogP contribution in [-0.2, 0) is 16.6 Å². The van der Waals surface area contributed by atoms with E-state index in [-0.39, 0.29) is 11.5 Å². The second-order valence-corrected chi connectivity index (χ2v) is 8.94. The fourth-order valence-electron chi connectivity index (χ4n) is 3.07. The maximum atomic E-state index is 12.8. The standard InChI is InChI=1S/C24H22N2O5S/c1-26(32(27,28)23-6-4-3-5-7-23)19-10-14-21(15-11-19)30-17-22-16-24(25-31-22)18-8-12-20(29-2)13-9-18/h3-16H,17H2,1-2H3. The second kappa shape index (κ2) is 9.15. The summed E-state index contributed by atoms with van der Waals surface area (Å²) in [6.07, 6.45) is 0. The monoisotopic (exact) mass is 450 g/mol. The van der Waals surface area contributed by atoms with Crippen LogP contribution in [0.5, 0.6) is 11.5 Å². The molecule has 0 unspecified atom stereocenters. The van der Waals surface area contributed by atoms with Crippen molar-refractivity contribution in [1.82, 2.24) is 5.16 Å². The number of aromatic nitrogens is 1. The predicted molar refractivity (Wildman–Crippen MR) is 121 cm³/mol. The van der Waals surface area contributed by atoms with Gasteiger partial charge in [-0.25, -0.2) is 8.42 Å². The van der Waals surface area contributed by atoms with Gasteiger partial charge in [-0.3, -0.25) is 4.31 Å². The number of anilines is 1. The highest BCUT2D eigenvalue weighted by Crippen LogP contribution is 2.26. The van der Waals surface area contributed by atoms with E-state index in [9.17, 15) is 8.42 Å². The predicted octanol–water partition coefficient (Wildman–Crippen LogP) is 4.75. The van der Waals surface area contributed by atoms with E-state index in [1.165, 1.54) is 11.4 Å². The Bertz CT molecular complexity index is 1270. The molecule has 0 aliphatic rings. The maximum Gasteiger partial charge on any atom is 0.264 e. The normalized spacial score (nSPS) is 11.2. The highest BCUT2D eigenvalue weighted by molar-refractivity contribution is 7.92. The molecule has 164 valence electrons. The Hall–Kier alpha value is -3.78. The summed E-state index contributed by atoms with van der Waals surface area (Å²) in [6.45, 7) is 0.195. The van der Waals surface area contributed by atoms with Gasteiger partial charge in [0.15, 0.2) is 5.76 Å². The first kappa shape index (κ1) is 21.5. The molecule has 7 nitrogen and oxygen atoms in total. The number of hydrogen-bond donors (Lipinski definition) is 0. The van der Waals surface area contributed by atoms with E-state index >= 15 is 0 Å². The van der Waals surface area contributed by atoms with Crippen LogP contribution in [0, 0.1) is 0 Å². The van der Waals surface area contributed by atoms with Gasteiger partial charge in [0.05, 0.1) is 17.7 Å². The van der Waals surface area contributed by atoms with E-state index in [2.05, 4.69) is 5.16 Å². The summed E-state index contributed by atoms with van der Waals surface area (Å²) >= 11 is 0. The Morgan fingerprint density at radius 1 is 0.906 bits per heavy atom. The molecular formula is C24H22N2O5S. The number of benzene rings is 3. The first-order valence-corrected chi connectivity index (χ1v) is 11.3. The molecule has 4 rings (SSSR count). The van der Waals surface area contributed by atoms with Crippen molar-refractivity contribution < 1.29 is 22.4 Å². The van der Waals surface area contributed by atoms with Gasteiger partial charge in [0, 0.05) is 18.7 Å². The average molecular weight is 451 g/mol. The minimum Gasteiger partial charge on any atom is -0.497 e. The first-order valence-electron chi connectivity index (χ1n) is 9.84. The molecule has 8 heteroatoms. The molecule has 4 aromatic rings. The Kier molecular flexibility index (Phi) is 6.13. The molecule has 0 saturated heterocycles. The highest BCUT2D eigenvalue weighted by Gasteiger charge is 2.20. The van der Waals surface area contributed by atoms with E-state index in [1.54, 1.807) is 61.7 Å². The van der Waals surface area contributed by atoms with Gasteiger partial charge in [-0.05, 0) is 60.7 Å². The lowest BCUT2D eigenvalue weighted by atomic mass is 10.1. The summed E-state index contributed by atoms with van der Waals surface area (Å²) in [4.78, 5) is 0.237. The van der Waals surface area contributed by atoms with Crippen molar-refractivity contribution in [2.24, 2.45) is 0 Å². The molecule has 0 spiro atoms. The minimum absolute atomic E-state index is 0.195. The number of nitrogens with zero attached hydrogens (tertiary/aromatic N) is 2. The van der Waals surface area contributed by atoms with Crippen molar-refractivity contribution in [1.29, 1.82) is 0 Å². The van der Waals surface area contributed by atoms with Crippen LogP contribution in [-0.4, -0.2) is 27.7 Å². The lowest BCUT2D eigenvalue weighted by Crippen LogP contribution is -2.26. The van der Waals surface area contributed by atoms with Crippen molar-refractivity contribution >= 4 is 15.7 Å². The lowest BCUT2D eigenvalue weighted by molar-refractivity contribution is 0.249. The number of hydrogen-bond acceptors (Lipinski definition) is 6. The van der Waals surface area contributed by atoms with Crippen molar-refractivity contribution in [2.45, 2.75) is 11.5 Å². The van der Waals surface area contributed by atoms with Gasteiger partial charge in [0.2, 0.25) is 0 Å². The molecule has 0 amide bonds. The summed E-state index contributed by atoms with van der Waals surface area (Å²) in [6, 6.07) is 24.5. The van der Waals surface area contributed by atoms with Crippen molar-refractivity contribution in [3.63, 3.8) is 0 Å². The van der Waals surface area contributed by atoms with E-state index in [4.69, 9.17) is 14.0 Å². The van der Waals surface area contributed by atoms with Gasteiger partial charge in [0.1, 0.15) is 23.8 Å². The Labute approximate surface area is 186 Å². The Morgan fingerprint density at radius 2 is 1.56 bits per heavy atom. The van der Waals surface area contributed by atoms with Crippen molar-refractivity contribution in [3.8, 4) is 22.8 Å². The van der Waals surface area contributed by atoms with E-state index in [0.717, 1.165) is 11.3 Å². The third-order valence-corrected chi connectivity index (χ3v) is 6.73. The van der Waals surface area contributed by atoms with Crippen LogP contribution < -0.4 is 13.8 Å². The van der Waals surface area contributed by atoms with Gasteiger partial charge in [0.25, 0.3) is 10.0 Å². The van der Waals surface area contributed by atoms with Gasteiger partial charge >= 0.3 is 0 Å². The average Bonchev–Trinajstić information content (AvgIpc) is 3.32. The van der Waals surface area contributed by atoms with Gasteiger partial charge in [-0.2, -0.15) is 0 Å². The summed E-state index contributed by atoms with van der Waals surface area (Å²) < 4.78 is 43.0. The smallest absolute Gasteiger partial charge is 0.264 e. The molecule has 32 heavy (non-hydrogen) atoms. The molecular weight excluding hydrogens is 428 g/mol. The highest BCUT2D eigenvalue weighted by atomic mass is 32.2. The molecule has 1 heterocycles. The van der Waals surface area contributed by atoms with Crippen LogP contribution in [0.3, 0.4) is 0 Å². The van der Waals surface area contributed by atoms with E-state index < -0.39 is 10.0 Å². The molecule has 0 N–H and O–H groups in total. The van der Waals surface area contributed by atoms with Gasteiger partial charge in [-0.15, -0.1) is 0 Å². The summed E-state index contributed by atoms with van der Waals surface area (Å²) in [5, 5.41) is 4.08. The number of methoxy groups -OCH3 is 1. The molecule has 0 atom stereocenters. The first-order chi connectivity index (χ1) is 15.5. The maximum absolute atomic E-state index is 12.8. The number of rotatable bonds is 8. The summed E-state index contributed by atoms with van der Waals surface area (Å²) in [5.74, 6) is 1.93. The zero-order valence-corrected chi connectivity index (χ0v) is 18.5. The molecule has 1 aromatic heterocycles.